The summed E-state index contributed by atoms with van der Waals surface area (Å²) in [5, 5.41) is 6.38. The van der Waals surface area contributed by atoms with Gasteiger partial charge in [0, 0.05) is 37.7 Å². The van der Waals surface area contributed by atoms with Crippen LogP contribution in [0.3, 0.4) is 0 Å². The van der Waals surface area contributed by atoms with Gasteiger partial charge in [0.2, 0.25) is 10.0 Å². The van der Waals surface area contributed by atoms with E-state index in [2.05, 4.69) is 15.6 Å². The average molecular weight is 589 g/mol. The lowest BCUT2D eigenvalue weighted by Crippen LogP contribution is -2.30. The van der Waals surface area contributed by atoms with Crippen molar-refractivity contribution in [1.82, 2.24) is 14.6 Å². The van der Waals surface area contributed by atoms with Crippen molar-refractivity contribution in [1.29, 1.82) is 0 Å². The molecule has 0 amide bonds. The predicted octanol–water partition coefficient (Wildman–Crippen LogP) is 6.12. The lowest BCUT2D eigenvalue weighted by molar-refractivity contribution is -0.137. The minimum Gasteiger partial charge on any atom is -0.358 e. The zero-order valence-electron chi connectivity index (χ0n) is 20.9. The topological polar surface area (TPSA) is 74.3 Å². The Labute approximate surface area is 234 Å². The molecule has 0 atom stereocenters. The predicted molar refractivity (Wildman–Crippen MR) is 148 cm³/mol. The van der Waals surface area contributed by atoms with E-state index >= 15 is 0 Å². The summed E-state index contributed by atoms with van der Waals surface area (Å²) >= 11 is 5.31. The Hall–Kier alpha value is -3.87. The maximum absolute atomic E-state index is 13.6. The van der Waals surface area contributed by atoms with Crippen LogP contribution in [0.1, 0.15) is 22.3 Å². The van der Waals surface area contributed by atoms with Crippen LogP contribution in [0.25, 0.3) is 0 Å². The molecule has 0 fully saturated rings. The highest BCUT2D eigenvalue weighted by Crippen LogP contribution is 2.30. The number of anilines is 1. The Balaban J connectivity index is 1.51. The normalized spacial score (nSPS) is 11.8. The minimum atomic E-state index is -4.51. The van der Waals surface area contributed by atoms with Crippen LogP contribution in [-0.4, -0.2) is 22.8 Å². The Morgan fingerprint density at radius 2 is 1.35 bits per heavy atom. The van der Waals surface area contributed by atoms with Gasteiger partial charge in [0.15, 0.2) is 5.11 Å². The van der Waals surface area contributed by atoms with Crippen molar-refractivity contribution in [3.05, 3.63) is 125 Å². The Kier molecular flexibility index (Phi) is 9.13. The van der Waals surface area contributed by atoms with Gasteiger partial charge in [-0.05, 0) is 89.6 Å². The molecule has 0 saturated carbocycles. The van der Waals surface area contributed by atoms with E-state index in [9.17, 15) is 26.0 Å². The van der Waals surface area contributed by atoms with Crippen LogP contribution in [0.4, 0.5) is 23.2 Å². The van der Waals surface area contributed by atoms with Crippen LogP contribution in [0.2, 0.25) is 0 Å². The maximum atomic E-state index is 13.6. The summed E-state index contributed by atoms with van der Waals surface area (Å²) in [6.07, 6.45) is -1.17. The molecule has 12 heteroatoms. The molecule has 0 unspecified atom stereocenters. The highest BCUT2D eigenvalue weighted by molar-refractivity contribution is 7.89. The number of hydrogen-bond donors (Lipinski definition) is 2. The number of nitrogens with one attached hydrogen (secondary N) is 2. The van der Waals surface area contributed by atoms with Crippen molar-refractivity contribution in [3.63, 3.8) is 0 Å². The van der Waals surface area contributed by atoms with Crippen LogP contribution in [0.5, 0.6) is 0 Å². The monoisotopic (exact) mass is 588 g/mol. The number of thiocarbonyl (C=S) groups is 1. The van der Waals surface area contributed by atoms with Crippen LogP contribution in [0.15, 0.2) is 102 Å². The van der Waals surface area contributed by atoms with E-state index in [1.54, 1.807) is 24.5 Å². The van der Waals surface area contributed by atoms with Gasteiger partial charge in [-0.2, -0.15) is 17.5 Å². The van der Waals surface area contributed by atoms with Gasteiger partial charge in [-0.1, -0.05) is 24.3 Å². The Morgan fingerprint density at radius 3 is 1.90 bits per heavy atom. The molecule has 0 aliphatic rings. The molecule has 0 saturated heterocycles. The Bertz CT molecular complexity index is 1530. The first-order valence-corrected chi connectivity index (χ1v) is 13.8. The number of sulfonamides is 1. The molecule has 4 aromatic rings. The quantitative estimate of drug-likeness (QED) is 0.181. The third-order valence-corrected chi connectivity index (χ3v) is 7.92. The van der Waals surface area contributed by atoms with E-state index in [-0.39, 0.29) is 18.0 Å². The molecule has 0 spiro atoms. The van der Waals surface area contributed by atoms with Gasteiger partial charge in [0.05, 0.1) is 10.5 Å². The highest BCUT2D eigenvalue weighted by atomic mass is 32.2. The number of alkyl halides is 3. The van der Waals surface area contributed by atoms with E-state index < -0.39 is 27.6 Å². The molecular weight excluding hydrogens is 564 g/mol. The second kappa shape index (κ2) is 12.5. The highest BCUT2D eigenvalue weighted by Gasteiger charge is 2.30. The number of halogens is 4. The van der Waals surface area contributed by atoms with Crippen LogP contribution >= 0.6 is 12.2 Å². The first kappa shape index (κ1) is 29.1. The van der Waals surface area contributed by atoms with Gasteiger partial charge < -0.3 is 10.6 Å². The first-order chi connectivity index (χ1) is 19.0. The number of hydrogen-bond acceptors (Lipinski definition) is 4. The fourth-order valence-electron chi connectivity index (χ4n) is 3.74. The molecule has 0 bridgehead atoms. The van der Waals surface area contributed by atoms with Crippen LogP contribution in [0, 0.1) is 5.82 Å². The molecule has 4 rings (SSSR count). The lowest BCUT2D eigenvalue weighted by atomic mass is 10.1. The van der Waals surface area contributed by atoms with E-state index in [0.717, 1.165) is 22.0 Å². The molecule has 0 aliphatic heterocycles. The molecule has 208 valence electrons. The molecular formula is C28H24F4N4O2S2. The number of aromatic nitrogens is 1. The standard InChI is InChI=1S/C28H24F4N4O2S2/c29-24-7-3-22(4-8-24)19-36(18-21-1-5-23(6-2-21)28(30,31)32)40(37,38)26-11-9-25(10-12-26)35-27(39)34-17-20-13-15-33-16-14-20/h1-16H,17-19H2,(H2,34,35,39). The molecule has 1 aromatic heterocycles. The maximum Gasteiger partial charge on any atom is 0.416 e. The van der Waals surface area contributed by atoms with Gasteiger partial charge in [-0.15, -0.1) is 0 Å². The molecule has 2 N–H and O–H groups in total. The largest absolute Gasteiger partial charge is 0.416 e. The van der Waals surface area contributed by atoms with Crippen LogP contribution in [-0.2, 0) is 35.8 Å². The van der Waals surface area contributed by atoms with E-state index in [0.29, 0.717) is 28.5 Å². The Morgan fingerprint density at radius 1 is 0.800 bits per heavy atom. The molecule has 3 aromatic carbocycles. The third kappa shape index (κ3) is 7.84. The van der Waals surface area contributed by atoms with Gasteiger partial charge in [-0.25, -0.2) is 12.8 Å². The second-order valence-corrected chi connectivity index (χ2v) is 11.1. The SMILES string of the molecule is O=S(=O)(c1ccc(NC(=S)NCc2ccncc2)cc1)N(Cc1ccc(F)cc1)Cc1ccc(C(F)(F)F)cc1. The van der Waals surface area contributed by atoms with Gasteiger partial charge in [0.1, 0.15) is 5.82 Å². The van der Waals surface area contributed by atoms with E-state index in [1.807, 2.05) is 12.1 Å². The number of benzene rings is 3. The second-order valence-electron chi connectivity index (χ2n) is 8.78. The zero-order chi connectivity index (χ0) is 28.8. The molecule has 1 heterocycles. The van der Waals surface area contributed by atoms with Crippen molar-refractivity contribution >= 4 is 33.0 Å². The summed E-state index contributed by atoms with van der Waals surface area (Å²) in [7, 11) is -4.10. The molecule has 40 heavy (non-hydrogen) atoms. The molecule has 6 nitrogen and oxygen atoms in total. The summed E-state index contributed by atoms with van der Waals surface area (Å²) < 4.78 is 80.8. The van der Waals surface area contributed by atoms with Crippen molar-refractivity contribution in [2.45, 2.75) is 30.7 Å². The number of pyridine rings is 1. The average Bonchev–Trinajstić information content (AvgIpc) is 2.93. The van der Waals surface area contributed by atoms with E-state index in [1.165, 1.54) is 48.5 Å². The fraction of sp³-hybridized carbons (Fsp3) is 0.143. The fourth-order valence-corrected chi connectivity index (χ4v) is 5.35. The summed E-state index contributed by atoms with van der Waals surface area (Å²) in [6, 6.07) is 19.3. The van der Waals surface area contributed by atoms with Gasteiger partial charge in [-0.3, -0.25) is 4.98 Å². The van der Waals surface area contributed by atoms with Crippen molar-refractivity contribution in [3.8, 4) is 0 Å². The smallest absolute Gasteiger partial charge is 0.358 e. The zero-order valence-corrected chi connectivity index (χ0v) is 22.5. The first-order valence-electron chi connectivity index (χ1n) is 12.0. The van der Waals surface area contributed by atoms with Gasteiger partial charge >= 0.3 is 6.18 Å². The number of nitrogens with zero attached hydrogens (tertiary/aromatic N) is 2. The minimum absolute atomic E-state index is 0.0252. The summed E-state index contributed by atoms with van der Waals surface area (Å²) in [5.74, 6) is -0.475. The number of rotatable bonds is 9. The summed E-state index contributed by atoms with van der Waals surface area (Å²) in [5.41, 5.74) is 1.58. The molecule has 0 radical (unpaired) electrons. The van der Waals surface area contributed by atoms with Crippen molar-refractivity contribution < 1.29 is 26.0 Å². The summed E-state index contributed by atoms with van der Waals surface area (Å²) in [6.45, 7) is 0.163. The lowest BCUT2D eigenvalue weighted by Gasteiger charge is -2.23. The van der Waals surface area contributed by atoms with Crippen molar-refractivity contribution in [2.24, 2.45) is 0 Å². The third-order valence-electron chi connectivity index (χ3n) is 5.86. The van der Waals surface area contributed by atoms with Crippen LogP contribution < -0.4 is 10.6 Å². The summed E-state index contributed by atoms with van der Waals surface area (Å²) in [4.78, 5) is 3.93. The van der Waals surface area contributed by atoms with E-state index in [4.69, 9.17) is 12.2 Å². The van der Waals surface area contributed by atoms with Crippen molar-refractivity contribution in [2.75, 3.05) is 5.32 Å². The molecule has 0 aliphatic carbocycles. The van der Waals surface area contributed by atoms with Gasteiger partial charge in [0.25, 0.3) is 0 Å².